The van der Waals surface area contributed by atoms with Gasteiger partial charge in [-0.2, -0.15) is 0 Å². The highest BCUT2D eigenvalue weighted by Gasteiger charge is 2.17. The normalized spacial score (nSPS) is 10.3. The average Bonchev–Trinajstić information content (AvgIpc) is 2.87. The van der Waals surface area contributed by atoms with Crippen molar-refractivity contribution in [2.75, 3.05) is 32.8 Å². The molecule has 3 rings (SSSR count). The number of hydrogen-bond donors (Lipinski definition) is 1. The van der Waals surface area contributed by atoms with Gasteiger partial charge in [0.15, 0.2) is 24.7 Å². The monoisotopic (exact) mass is 477 g/mol. The number of carbonyl (C=O) groups is 3. The third kappa shape index (κ3) is 6.60. The minimum atomic E-state index is -0.678. The van der Waals surface area contributed by atoms with Gasteiger partial charge >= 0.3 is 5.97 Å². The van der Waals surface area contributed by atoms with Gasteiger partial charge in [0.2, 0.25) is 5.78 Å². The summed E-state index contributed by atoms with van der Waals surface area (Å²) in [5, 5.41) is 2.71. The minimum Gasteiger partial charge on any atom is -0.495 e. The van der Waals surface area contributed by atoms with Crippen LogP contribution in [0.25, 0.3) is 0 Å². The number of para-hydroxylation sites is 2. The fraction of sp³-hybridized carbons (Fsp3) is 0.222. The van der Waals surface area contributed by atoms with Crippen molar-refractivity contribution in [1.29, 1.82) is 0 Å². The van der Waals surface area contributed by atoms with Gasteiger partial charge in [-0.25, -0.2) is 4.79 Å². The molecular weight excluding hydrogens is 450 g/mol. The summed E-state index contributed by atoms with van der Waals surface area (Å²) < 4.78 is 21.3. The van der Waals surface area contributed by atoms with E-state index in [4.69, 9.17) is 18.9 Å². The predicted octanol–water partition coefficient (Wildman–Crippen LogP) is 4.38. The van der Waals surface area contributed by atoms with Gasteiger partial charge in [0.25, 0.3) is 5.91 Å². The summed E-state index contributed by atoms with van der Waals surface area (Å²) in [6.07, 6.45) is 0. The second-order valence-corrected chi connectivity index (χ2v) is 7.72. The first-order valence-corrected chi connectivity index (χ1v) is 10.8. The molecule has 3 aromatic rings. The highest BCUT2D eigenvalue weighted by molar-refractivity contribution is 6.00. The predicted molar refractivity (Wildman–Crippen MR) is 131 cm³/mol. The lowest BCUT2D eigenvalue weighted by atomic mass is 10.0. The van der Waals surface area contributed by atoms with Crippen LogP contribution >= 0.6 is 0 Å². The minimum absolute atomic E-state index is 0.182. The van der Waals surface area contributed by atoms with E-state index in [1.54, 1.807) is 30.3 Å². The van der Waals surface area contributed by atoms with Crippen molar-refractivity contribution in [2.45, 2.75) is 13.8 Å². The van der Waals surface area contributed by atoms with Crippen LogP contribution in [0.3, 0.4) is 0 Å². The van der Waals surface area contributed by atoms with Gasteiger partial charge in [0.1, 0.15) is 5.75 Å². The van der Waals surface area contributed by atoms with Crippen LogP contribution in [-0.4, -0.2) is 45.1 Å². The molecule has 1 amide bonds. The van der Waals surface area contributed by atoms with Crippen LogP contribution in [0.1, 0.15) is 31.8 Å². The fourth-order valence-electron chi connectivity index (χ4n) is 3.32. The van der Waals surface area contributed by atoms with Crippen LogP contribution in [-0.2, 0) is 9.53 Å². The molecule has 0 unspecified atom stereocenters. The first-order valence-electron chi connectivity index (χ1n) is 10.8. The second-order valence-electron chi connectivity index (χ2n) is 7.72. The van der Waals surface area contributed by atoms with E-state index in [1.165, 1.54) is 32.4 Å². The van der Waals surface area contributed by atoms with Crippen molar-refractivity contribution >= 4 is 23.3 Å². The van der Waals surface area contributed by atoms with Crippen molar-refractivity contribution in [3.8, 4) is 17.2 Å². The maximum absolute atomic E-state index is 12.5. The van der Waals surface area contributed by atoms with Crippen molar-refractivity contribution in [3.63, 3.8) is 0 Å². The number of aryl methyl sites for hydroxylation is 2. The number of carbonyl (C=O) groups excluding carboxylic acids is 3. The zero-order valence-corrected chi connectivity index (χ0v) is 20.0. The molecule has 0 aliphatic carbocycles. The molecule has 0 aliphatic rings. The first-order chi connectivity index (χ1) is 16.8. The SMILES string of the molecule is COc1ccccc1NC(=O)COc1ccc(C(=O)OCC(=O)c2cc(C)ccc2C)cc1OC. The van der Waals surface area contributed by atoms with Crippen LogP contribution in [0.15, 0.2) is 60.7 Å². The summed E-state index contributed by atoms with van der Waals surface area (Å²) in [6, 6.07) is 16.9. The Morgan fingerprint density at radius 1 is 0.800 bits per heavy atom. The third-order valence-electron chi connectivity index (χ3n) is 5.17. The summed E-state index contributed by atoms with van der Waals surface area (Å²) in [7, 11) is 2.93. The highest BCUT2D eigenvalue weighted by Crippen LogP contribution is 2.29. The van der Waals surface area contributed by atoms with Gasteiger partial charge in [0.05, 0.1) is 25.5 Å². The second kappa shape index (κ2) is 11.7. The standard InChI is InChI=1S/C27H27NO7/c1-17-9-10-18(2)20(13-17)22(29)15-35-27(31)19-11-12-24(25(14-19)33-4)34-16-26(30)28-21-7-5-6-8-23(21)32-3/h5-14H,15-16H2,1-4H3,(H,28,30). The number of rotatable bonds is 10. The van der Waals surface area contributed by atoms with E-state index in [9.17, 15) is 14.4 Å². The number of nitrogens with one attached hydrogen (secondary N) is 1. The Morgan fingerprint density at radius 2 is 1.54 bits per heavy atom. The van der Waals surface area contributed by atoms with Crippen LogP contribution in [0, 0.1) is 13.8 Å². The van der Waals surface area contributed by atoms with Gasteiger partial charge in [-0.3, -0.25) is 9.59 Å². The Kier molecular flexibility index (Phi) is 8.45. The van der Waals surface area contributed by atoms with E-state index in [2.05, 4.69) is 5.32 Å². The molecule has 0 aliphatic heterocycles. The van der Waals surface area contributed by atoms with Crippen LogP contribution in [0.5, 0.6) is 17.2 Å². The van der Waals surface area contributed by atoms with Crippen molar-refractivity contribution in [3.05, 3.63) is 82.9 Å². The molecule has 182 valence electrons. The molecule has 0 spiro atoms. The first kappa shape index (κ1) is 25.3. The number of ketones is 1. The van der Waals surface area contributed by atoms with E-state index in [0.29, 0.717) is 17.0 Å². The van der Waals surface area contributed by atoms with Crippen LogP contribution < -0.4 is 19.5 Å². The Hall–Kier alpha value is -4.33. The van der Waals surface area contributed by atoms with Gasteiger partial charge < -0.3 is 24.3 Å². The van der Waals surface area contributed by atoms with Crippen LogP contribution in [0.2, 0.25) is 0 Å². The lowest BCUT2D eigenvalue weighted by Gasteiger charge is -2.13. The number of esters is 1. The average molecular weight is 478 g/mol. The molecule has 8 heteroatoms. The van der Waals surface area contributed by atoms with Gasteiger partial charge in [-0.05, 0) is 55.8 Å². The molecule has 35 heavy (non-hydrogen) atoms. The molecule has 0 bridgehead atoms. The fourth-order valence-corrected chi connectivity index (χ4v) is 3.32. The Balaban J connectivity index is 1.60. The quantitative estimate of drug-likeness (QED) is 0.342. The van der Waals surface area contributed by atoms with E-state index >= 15 is 0 Å². The third-order valence-corrected chi connectivity index (χ3v) is 5.17. The van der Waals surface area contributed by atoms with Gasteiger partial charge in [-0.1, -0.05) is 29.8 Å². The molecule has 1 N–H and O–H groups in total. The molecule has 8 nitrogen and oxygen atoms in total. The smallest absolute Gasteiger partial charge is 0.338 e. The van der Waals surface area contributed by atoms with Crippen LogP contribution in [0.4, 0.5) is 5.69 Å². The Labute approximate surface area is 203 Å². The number of anilines is 1. The Morgan fingerprint density at radius 3 is 2.29 bits per heavy atom. The molecule has 0 saturated carbocycles. The van der Waals surface area contributed by atoms with Crippen molar-refractivity contribution in [1.82, 2.24) is 0 Å². The molecule has 0 fully saturated rings. The molecule has 0 heterocycles. The molecule has 0 saturated heterocycles. The highest BCUT2D eigenvalue weighted by atomic mass is 16.5. The number of methoxy groups -OCH3 is 2. The number of Topliss-reactive ketones (excluding diaryl/α,β-unsaturated/α-hetero) is 1. The Bertz CT molecular complexity index is 1240. The molecule has 0 radical (unpaired) electrons. The maximum atomic E-state index is 12.5. The number of hydrogen-bond acceptors (Lipinski definition) is 7. The van der Waals surface area contributed by atoms with E-state index in [-0.39, 0.29) is 36.1 Å². The lowest BCUT2D eigenvalue weighted by Crippen LogP contribution is -2.20. The van der Waals surface area contributed by atoms with E-state index in [0.717, 1.165) is 11.1 Å². The zero-order chi connectivity index (χ0) is 25.4. The maximum Gasteiger partial charge on any atom is 0.338 e. The molecule has 0 atom stereocenters. The topological polar surface area (TPSA) is 100 Å². The number of amides is 1. The lowest BCUT2D eigenvalue weighted by molar-refractivity contribution is -0.118. The van der Waals surface area contributed by atoms with E-state index < -0.39 is 11.9 Å². The zero-order valence-electron chi connectivity index (χ0n) is 20.0. The van der Waals surface area contributed by atoms with Gasteiger partial charge in [-0.15, -0.1) is 0 Å². The number of benzene rings is 3. The molecular formula is C27H27NO7. The van der Waals surface area contributed by atoms with E-state index in [1.807, 2.05) is 26.0 Å². The largest absolute Gasteiger partial charge is 0.495 e. The summed E-state index contributed by atoms with van der Waals surface area (Å²) in [4.78, 5) is 37.3. The summed E-state index contributed by atoms with van der Waals surface area (Å²) in [5.41, 5.74) is 2.98. The number of ether oxygens (including phenoxy) is 4. The molecule has 3 aromatic carbocycles. The van der Waals surface area contributed by atoms with Crippen molar-refractivity contribution in [2.24, 2.45) is 0 Å². The summed E-state index contributed by atoms with van der Waals surface area (Å²) >= 11 is 0. The van der Waals surface area contributed by atoms with Crippen molar-refractivity contribution < 1.29 is 33.3 Å². The van der Waals surface area contributed by atoms with Gasteiger partial charge in [0, 0.05) is 5.56 Å². The summed E-state index contributed by atoms with van der Waals surface area (Å²) in [5.74, 6) is -0.326. The molecule has 0 aromatic heterocycles. The summed E-state index contributed by atoms with van der Waals surface area (Å²) in [6.45, 7) is 3.05.